The molecule has 108 valence electrons. The van der Waals surface area contributed by atoms with Gasteiger partial charge >= 0.3 is 0 Å². The van der Waals surface area contributed by atoms with Crippen LogP contribution in [0.15, 0.2) is 60.9 Å². The Bertz CT molecular complexity index is 960. The minimum Gasteiger partial charge on any atom is -0.323 e. The summed E-state index contributed by atoms with van der Waals surface area (Å²) in [5.41, 5.74) is 3.91. The predicted molar refractivity (Wildman–Crippen MR) is 90.3 cm³/mol. The van der Waals surface area contributed by atoms with Gasteiger partial charge in [-0.3, -0.25) is 0 Å². The summed E-state index contributed by atoms with van der Waals surface area (Å²) >= 11 is 6.31. The van der Waals surface area contributed by atoms with Crippen LogP contribution in [0.5, 0.6) is 0 Å². The van der Waals surface area contributed by atoms with Crippen molar-refractivity contribution in [2.24, 2.45) is 0 Å². The number of fused-ring (bicyclic) bond motifs is 3. The lowest BCUT2D eigenvalue weighted by atomic mass is 10.1. The minimum absolute atomic E-state index is 0.174. The molecule has 0 aliphatic carbocycles. The van der Waals surface area contributed by atoms with E-state index in [0.717, 1.165) is 21.9 Å². The average molecular weight is 308 g/mol. The summed E-state index contributed by atoms with van der Waals surface area (Å²) in [6, 6.07) is 18.6. The molecule has 0 aliphatic heterocycles. The molecule has 4 rings (SSSR count). The number of para-hydroxylation sites is 1. The van der Waals surface area contributed by atoms with E-state index in [0.29, 0.717) is 5.15 Å². The van der Waals surface area contributed by atoms with Crippen LogP contribution in [-0.4, -0.2) is 14.5 Å². The number of imidazole rings is 1. The van der Waals surface area contributed by atoms with Crippen molar-refractivity contribution in [1.82, 2.24) is 14.5 Å². The van der Waals surface area contributed by atoms with Gasteiger partial charge in [-0.25, -0.2) is 9.97 Å². The van der Waals surface area contributed by atoms with E-state index in [1.165, 1.54) is 5.56 Å². The standard InChI is InChI=1S/C18H14ClN3/c1-12(13-7-3-2-4-8-13)22-11-20-16-17(22)14-9-5-6-10-15(14)21-18(16)19/h2-12H,1H3. The van der Waals surface area contributed by atoms with Crippen LogP contribution in [0.3, 0.4) is 0 Å². The second kappa shape index (κ2) is 5.11. The van der Waals surface area contributed by atoms with Crippen LogP contribution in [-0.2, 0) is 0 Å². The number of halogens is 1. The highest BCUT2D eigenvalue weighted by molar-refractivity contribution is 6.35. The van der Waals surface area contributed by atoms with E-state index >= 15 is 0 Å². The summed E-state index contributed by atoms with van der Waals surface area (Å²) in [4.78, 5) is 8.92. The van der Waals surface area contributed by atoms with E-state index in [1.54, 1.807) is 0 Å². The number of hydrogen-bond acceptors (Lipinski definition) is 2. The largest absolute Gasteiger partial charge is 0.323 e. The third kappa shape index (κ3) is 1.97. The summed E-state index contributed by atoms with van der Waals surface area (Å²) in [7, 11) is 0. The number of aromatic nitrogens is 3. The van der Waals surface area contributed by atoms with Crippen molar-refractivity contribution in [2.45, 2.75) is 13.0 Å². The topological polar surface area (TPSA) is 30.7 Å². The third-order valence-corrected chi connectivity index (χ3v) is 4.33. The molecule has 3 nitrogen and oxygen atoms in total. The van der Waals surface area contributed by atoms with Gasteiger partial charge in [0.05, 0.1) is 23.4 Å². The Morgan fingerprint density at radius 2 is 1.73 bits per heavy atom. The van der Waals surface area contributed by atoms with Crippen molar-refractivity contribution in [2.75, 3.05) is 0 Å². The lowest BCUT2D eigenvalue weighted by Gasteiger charge is -2.16. The third-order valence-electron chi connectivity index (χ3n) is 4.07. The average Bonchev–Trinajstić information content (AvgIpc) is 3.01. The molecular weight excluding hydrogens is 294 g/mol. The molecule has 1 atom stereocenters. The smallest absolute Gasteiger partial charge is 0.157 e. The van der Waals surface area contributed by atoms with Crippen LogP contribution in [0.1, 0.15) is 18.5 Å². The summed E-state index contributed by atoms with van der Waals surface area (Å²) in [5, 5.41) is 1.52. The van der Waals surface area contributed by atoms with Crippen LogP contribution in [0, 0.1) is 0 Å². The van der Waals surface area contributed by atoms with Gasteiger partial charge in [-0.1, -0.05) is 60.1 Å². The van der Waals surface area contributed by atoms with Crippen molar-refractivity contribution in [3.05, 3.63) is 71.6 Å². The highest BCUT2D eigenvalue weighted by Crippen LogP contribution is 2.31. The Balaban J connectivity index is 2.03. The second-order valence-electron chi connectivity index (χ2n) is 5.36. The van der Waals surface area contributed by atoms with Crippen LogP contribution in [0.2, 0.25) is 5.15 Å². The highest BCUT2D eigenvalue weighted by atomic mass is 35.5. The van der Waals surface area contributed by atoms with Crippen molar-refractivity contribution in [3.8, 4) is 0 Å². The van der Waals surface area contributed by atoms with E-state index in [9.17, 15) is 0 Å². The summed E-state index contributed by atoms with van der Waals surface area (Å²) < 4.78 is 2.17. The fourth-order valence-corrected chi connectivity index (χ4v) is 3.12. The fourth-order valence-electron chi connectivity index (χ4n) is 2.89. The van der Waals surface area contributed by atoms with Gasteiger partial charge in [0.1, 0.15) is 5.52 Å². The molecule has 0 amide bonds. The normalized spacial score (nSPS) is 12.8. The molecule has 0 bridgehead atoms. The maximum absolute atomic E-state index is 6.31. The first kappa shape index (κ1) is 13.3. The Morgan fingerprint density at radius 3 is 2.55 bits per heavy atom. The van der Waals surface area contributed by atoms with Crippen LogP contribution in [0.25, 0.3) is 21.9 Å². The van der Waals surface area contributed by atoms with E-state index in [2.05, 4.69) is 51.8 Å². The molecule has 0 radical (unpaired) electrons. The van der Waals surface area contributed by atoms with Crippen molar-refractivity contribution in [1.29, 1.82) is 0 Å². The summed E-state index contributed by atoms with van der Waals surface area (Å²) in [6.45, 7) is 2.17. The van der Waals surface area contributed by atoms with E-state index < -0.39 is 0 Å². The van der Waals surface area contributed by atoms with Crippen molar-refractivity contribution < 1.29 is 0 Å². The number of hydrogen-bond donors (Lipinski definition) is 0. The number of benzene rings is 2. The quantitative estimate of drug-likeness (QED) is 0.496. The number of nitrogens with zero attached hydrogens (tertiary/aromatic N) is 3. The van der Waals surface area contributed by atoms with Crippen LogP contribution in [0.4, 0.5) is 0 Å². The molecule has 4 aromatic rings. The summed E-state index contributed by atoms with van der Waals surface area (Å²) in [6.07, 6.45) is 1.85. The first-order valence-electron chi connectivity index (χ1n) is 7.21. The zero-order chi connectivity index (χ0) is 15.1. The zero-order valence-electron chi connectivity index (χ0n) is 12.1. The molecule has 0 spiro atoms. The molecule has 0 fully saturated rings. The molecular formula is C18H14ClN3. The highest BCUT2D eigenvalue weighted by Gasteiger charge is 2.16. The maximum atomic E-state index is 6.31. The molecule has 4 heteroatoms. The van der Waals surface area contributed by atoms with Crippen LogP contribution < -0.4 is 0 Å². The van der Waals surface area contributed by atoms with Gasteiger partial charge in [-0.05, 0) is 18.6 Å². The summed E-state index contributed by atoms with van der Waals surface area (Å²) in [5.74, 6) is 0. The number of rotatable bonds is 2. The van der Waals surface area contributed by atoms with Gasteiger partial charge in [-0.15, -0.1) is 0 Å². The Labute approximate surface area is 133 Å². The first-order valence-corrected chi connectivity index (χ1v) is 7.59. The maximum Gasteiger partial charge on any atom is 0.157 e. The first-order chi connectivity index (χ1) is 10.8. The molecule has 0 N–H and O–H groups in total. The molecule has 22 heavy (non-hydrogen) atoms. The van der Waals surface area contributed by atoms with E-state index in [-0.39, 0.29) is 6.04 Å². The molecule has 2 aromatic carbocycles. The van der Waals surface area contributed by atoms with Gasteiger partial charge in [-0.2, -0.15) is 0 Å². The molecule has 0 saturated carbocycles. The van der Waals surface area contributed by atoms with Gasteiger partial charge in [0.2, 0.25) is 0 Å². The molecule has 2 heterocycles. The Kier molecular flexibility index (Phi) is 3.09. The second-order valence-corrected chi connectivity index (χ2v) is 5.71. The lowest BCUT2D eigenvalue weighted by Crippen LogP contribution is -2.05. The lowest BCUT2D eigenvalue weighted by molar-refractivity contribution is 0.659. The minimum atomic E-state index is 0.174. The van der Waals surface area contributed by atoms with E-state index in [1.807, 2.05) is 30.6 Å². The van der Waals surface area contributed by atoms with E-state index in [4.69, 9.17) is 11.6 Å². The Hall–Kier alpha value is -2.39. The van der Waals surface area contributed by atoms with Gasteiger partial charge in [0, 0.05) is 5.39 Å². The SMILES string of the molecule is CC(c1ccccc1)n1cnc2c(Cl)nc3ccccc3c21. The van der Waals surface area contributed by atoms with Gasteiger partial charge < -0.3 is 4.57 Å². The fraction of sp³-hybridized carbons (Fsp3) is 0.111. The van der Waals surface area contributed by atoms with Crippen molar-refractivity contribution in [3.63, 3.8) is 0 Å². The number of pyridine rings is 1. The van der Waals surface area contributed by atoms with Crippen LogP contribution >= 0.6 is 11.6 Å². The van der Waals surface area contributed by atoms with Gasteiger partial charge in [0.15, 0.2) is 5.15 Å². The Morgan fingerprint density at radius 1 is 1.00 bits per heavy atom. The molecule has 0 saturated heterocycles. The molecule has 1 unspecified atom stereocenters. The zero-order valence-corrected chi connectivity index (χ0v) is 12.8. The monoisotopic (exact) mass is 307 g/mol. The predicted octanol–water partition coefficient (Wildman–Crippen LogP) is 4.85. The molecule has 2 aromatic heterocycles. The van der Waals surface area contributed by atoms with Crippen molar-refractivity contribution >= 4 is 33.5 Å². The molecule has 0 aliphatic rings. The van der Waals surface area contributed by atoms with Gasteiger partial charge in [0.25, 0.3) is 0 Å².